The van der Waals surface area contributed by atoms with Crippen molar-refractivity contribution in [2.75, 3.05) is 44.7 Å². The van der Waals surface area contributed by atoms with Crippen LogP contribution in [0.1, 0.15) is 37.3 Å². The van der Waals surface area contributed by atoms with Crippen LogP contribution in [0.3, 0.4) is 0 Å². The molecule has 0 N–H and O–H groups in total. The third kappa shape index (κ3) is 6.42. The number of para-hydroxylation sites is 1. The van der Waals surface area contributed by atoms with Gasteiger partial charge in [0.2, 0.25) is 0 Å². The molecule has 0 aliphatic carbocycles. The molecule has 154 valence electrons. The lowest BCUT2D eigenvalue weighted by atomic mass is 10.0. The lowest BCUT2D eigenvalue weighted by Crippen LogP contribution is -2.46. The number of halogens is 1. The fourth-order valence-corrected chi connectivity index (χ4v) is 3.90. The highest BCUT2D eigenvalue weighted by Crippen LogP contribution is 2.23. The maximum atomic E-state index is 5.56. The minimum Gasteiger partial charge on any atom is -0.496 e. The lowest BCUT2D eigenvalue weighted by Gasteiger charge is -2.36. The van der Waals surface area contributed by atoms with Gasteiger partial charge in [-0.15, -0.1) is 12.4 Å². The van der Waals surface area contributed by atoms with Gasteiger partial charge in [-0.1, -0.05) is 50.1 Å². The van der Waals surface area contributed by atoms with Gasteiger partial charge in [-0.3, -0.25) is 4.90 Å². The summed E-state index contributed by atoms with van der Waals surface area (Å²) in [6.07, 6.45) is 6.05. The highest BCUT2D eigenvalue weighted by atomic mass is 35.5. The number of aryl methyl sites for hydroxylation is 1. The van der Waals surface area contributed by atoms with E-state index in [2.05, 4.69) is 65.3 Å². The normalized spacial score (nSPS) is 14.6. The molecule has 2 aromatic carbocycles. The van der Waals surface area contributed by atoms with E-state index in [1.807, 2.05) is 0 Å². The van der Waals surface area contributed by atoms with Gasteiger partial charge in [-0.2, -0.15) is 0 Å². The highest BCUT2D eigenvalue weighted by molar-refractivity contribution is 5.85. The predicted molar refractivity (Wildman–Crippen MR) is 122 cm³/mol. The fourth-order valence-electron chi connectivity index (χ4n) is 3.90. The Morgan fingerprint density at radius 1 is 0.893 bits per heavy atom. The highest BCUT2D eigenvalue weighted by Gasteiger charge is 2.17. The van der Waals surface area contributed by atoms with Crippen LogP contribution in [0.2, 0.25) is 0 Å². The molecule has 0 atom stereocenters. The van der Waals surface area contributed by atoms with Crippen molar-refractivity contribution >= 4 is 18.1 Å². The van der Waals surface area contributed by atoms with Gasteiger partial charge in [0.25, 0.3) is 0 Å². The number of piperazine rings is 1. The maximum Gasteiger partial charge on any atom is 0.122 e. The summed E-state index contributed by atoms with van der Waals surface area (Å²) in [5.41, 5.74) is 4.16. The predicted octanol–water partition coefficient (Wildman–Crippen LogP) is 5.21. The molecule has 0 radical (unpaired) electrons. The van der Waals surface area contributed by atoms with Gasteiger partial charge in [0, 0.05) is 38.4 Å². The third-order valence-electron chi connectivity index (χ3n) is 5.60. The first-order valence-electron chi connectivity index (χ1n) is 10.5. The number of rotatable bonds is 9. The zero-order valence-corrected chi connectivity index (χ0v) is 18.2. The number of anilines is 1. The number of benzene rings is 2. The molecule has 1 heterocycles. The van der Waals surface area contributed by atoms with Gasteiger partial charge >= 0.3 is 0 Å². The Bertz CT molecular complexity index is 684. The molecule has 3 nitrogen and oxygen atoms in total. The van der Waals surface area contributed by atoms with Crippen LogP contribution in [-0.4, -0.2) is 44.7 Å². The molecular weight excluding hydrogens is 368 g/mol. The van der Waals surface area contributed by atoms with Crippen molar-refractivity contribution < 1.29 is 4.74 Å². The molecule has 2 aromatic rings. The Labute approximate surface area is 177 Å². The van der Waals surface area contributed by atoms with Crippen LogP contribution in [0.25, 0.3) is 0 Å². The van der Waals surface area contributed by atoms with E-state index in [4.69, 9.17) is 4.74 Å². The maximum absolute atomic E-state index is 5.56. The average Bonchev–Trinajstić information content (AvgIpc) is 2.73. The molecule has 1 aliphatic rings. The van der Waals surface area contributed by atoms with Crippen LogP contribution in [0, 0.1) is 0 Å². The van der Waals surface area contributed by atoms with Crippen molar-refractivity contribution in [3.05, 3.63) is 59.7 Å². The number of hydrogen-bond acceptors (Lipinski definition) is 3. The topological polar surface area (TPSA) is 15.7 Å². The quantitative estimate of drug-likeness (QED) is 0.535. The van der Waals surface area contributed by atoms with E-state index in [1.165, 1.54) is 36.1 Å². The number of hydrogen-bond donors (Lipinski definition) is 0. The summed E-state index contributed by atoms with van der Waals surface area (Å²) in [5.74, 6) is 1.05. The Morgan fingerprint density at radius 3 is 2.32 bits per heavy atom. The smallest absolute Gasteiger partial charge is 0.122 e. The molecule has 3 rings (SSSR count). The van der Waals surface area contributed by atoms with Crippen molar-refractivity contribution in [3.8, 4) is 5.75 Å². The second-order valence-electron chi connectivity index (χ2n) is 7.52. The van der Waals surface area contributed by atoms with Gasteiger partial charge in [-0.05, 0) is 48.6 Å². The third-order valence-corrected chi connectivity index (χ3v) is 5.60. The molecule has 1 saturated heterocycles. The molecule has 4 heteroatoms. The molecule has 1 aliphatic heterocycles. The lowest BCUT2D eigenvalue weighted by molar-refractivity contribution is 0.261. The van der Waals surface area contributed by atoms with Crippen molar-refractivity contribution in [2.45, 2.75) is 39.0 Å². The second-order valence-corrected chi connectivity index (χ2v) is 7.52. The van der Waals surface area contributed by atoms with Crippen LogP contribution in [0.15, 0.2) is 48.5 Å². The number of ether oxygens (including phenoxy) is 1. The minimum absolute atomic E-state index is 0. The SMILES string of the molecule is CCCCCc1cc(CCN2CCN(c3ccccc3)CC2)ccc1OC.Cl. The van der Waals surface area contributed by atoms with E-state index < -0.39 is 0 Å². The zero-order valence-electron chi connectivity index (χ0n) is 17.4. The van der Waals surface area contributed by atoms with Gasteiger partial charge in [0.1, 0.15) is 5.75 Å². The first-order valence-corrected chi connectivity index (χ1v) is 10.5. The van der Waals surface area contributed by atoms with Crippen LogP contribution in [0.5, 0.6) is 5.75 Å². The van der Waals surface area contributed by atoms with E-state index in [9.17, 15) is 0 Å². The van der Waals surface area contributed by atoms with Crippen LogP contribution < -0.4 is 9.64 Å². The molecule has 0 bridgehead atoms. The molecule has 0 saturated carbocycles. The Kier molecular flexibility index (Phi) is 9.66. The molecule has 0 aromatic heterocycles. The van der Waals surface area contributed by atoms with Crippen molar-refractivity contribution in [1.29, 1.82) is 0 Å². The van der Waals surface area contributed by atoms with Crippen LogP contribution in [0.4, 0.5) is 5.69 Å². The van der Waals surface area contributed by atoms with Crippen molar-refractivity contribution in [3.63, 3.8) is 0 Å². The second kappa shape index (κ2) is 12.0. The Morgan fingerprint density at radius 2 is 1.64 bits per heavy atom. The summed E-state index contributed by atoms with van der Waals surface area (Å²) in [4.78, 5) is 5.09. The minimum atomic E-state index is 0. The Balaban J connectivity index is 0.00000280. The van der Waals surface area contributed by atoms with E-state index in [0.29, 0.717) is 0 Å². The van der Waals surface area contributed by atoms with Crippen molar-refractivity contribution in [2.24, 2.45) is 0 Å². The summed E-state index contributed by atoms with van der Waals surface area (Å²) in [6, 6.07) is 17.5. The van der Waals surface area contributed by atoms with Gasteiger partial charge < -0.3 is 9.64 Å². The van der Waals surface area contributed by atoms with Crippen molar-refractivity contribution in [1.82, 2.24) is 4.90 Å². The summed E-state index contributed by atoms with van der Waals surface area (Å²) in [6.45, 7) is 7.93. The first-order chi connectivity index (χ1) is 13.3. The summed E-state index contributed by atoms with van der Waals surface area (Å²) in [5, 5.41) is 0. The zero-order chi connectivity index (χ0) is 18.9. The molecule has 1 fully saturated rings. The number of unbranched alkanes of at least 4 members (excludes halogenated alkanes) is 2. The van der Waals surface area contributed by atoms with Crippen LogP contribution >= 0.6 is 12.4 Å². The van der Waals surface area contributed by atoms with E-state index >= 15 is 0 Å². The number of methoxy groups -OCH3 is 1. The number of nitrogens with zero attached hydrogens (tertiary/aromatic N) is 2. The molecular formula is C24H35ClN2O. The van der Waals surface area contributed by atoms with E-state index in [-0.39, 0.29) is 12.4 Å². The van der Waals surface area contributed by atoms with Crippen LogP contribution in [-0.2, 0) is 12.8 Å². The Hall–Kier alpha value is -1.71. The van der Waals surface area contributed by atoms with E-state index in [0.717, 1.165) is 51.3 Å². The van der Waals surface area contributed by atoms with E-state index in [1.54, 1.807) is 7.11 Å². The monoisotopic (exact) mass is 402 g/mol. The molecule has 28 heavy (non-hydrogen) atoms. The average molecular weight is 403 g/mol. The summed E-state index contributed by atoms with van der Waals surface area (Å²) in [7, 11) is 1.78. The fraction of sp³-hybridized carbons (Fsp3) is 0.500. The summed E-state index contributed by atoms with van der Waals surface area (Å²) >= 11 is 0. The van der Waals surface area contributed by atoms with Gasteiger partial charge in [0.05, 0.1) is 7.11 Å². The molecule has 0 unspecified atom stereocenters. The molecule has 0 spiro atoms. The van der Waals surface area contributed by atoms with Gasteiger partial charge in [-0.25, -0.2) is 0 Å². The largest absolute Gasteiger partial charge is 0.496 e. The molecule has 0 amide bonds. The first kappa shape index (κ1) is 22.6. The standard InChI is InChI=1S/C24H34N2O.ClH/c1-3-4-6-9-22-20-21(12-13-24(22)27-2)14-15-25-16-18-26(19-17-25)23-10-7-5-8-11-23;/h5,7-8,10-13,20H,3-4,6,9,14-19H2,1-2H3;1H. The van der Waals surface area contributed by atoms with Gasteiger partial charge in [0.15, 0.2) is 0 Å². The summed E-state index contributed by atoms with van der Waals surface area (Å²) < 4.78 is 5.56.